The Morgan fingerprint density at radius 3 is 2.90 bits per heavy atom. The molecule has 21 heavy (non-hydrogen) atoms. The molecule has 0 bridgehead atoms. The van der Waals surface area contributed by atoms with E-state index in [2.05, 4.69) is 48.3 Å². The second-order valence-corrected chi connectivity index (χ2v) is 6.11. The molecule has 0 aliphatic carbocycles. The van der Waals surface area contributed by atoms with Gasteiger partial charge in [0.15, 0.2) is 16.3 Å². The molecule has 0 spiro atoms. The van der Waals surface area contributed by atoms with Gasteiger partial charge in [0.1, 0.15) is 0 Å². The number of halogens is 1. The van der Waals surface area contributed by atoms with Gasteiger partial charge in [-0.15, -0.1) is 5.10 Å². The second-order valence-electron chi connectivity index (χ2n) is 5.33. The van der Waals surface area contributed by atoms with E-state index in [9.17, 15) is 0 Å². The van der Waals surface area contributed by atoms with Crippen molar-refractivity contribution >= 4 is 21.9 Å². The van der Waals surface area contributed by atoms with Crippen LogP contribution in [0.5, 0.6) is 0 Å². The van der Waals surface area contributed by atoms with Crippen LogP contribution in [0.25, 0.3) is 11.6 Å². The molecule has 0 atom stereocenters. The van der Waals surface area contributed by atoms with Crippen LogP contribution < -0.4 is 10.2 Å². The summed E-state index contributed by atoms with van der Waals surface area (Å²) in [4.78, 5) is 6.77. The van der Waals surface area contributed by atoms with Crippen LogP contribution >= 0.6 is 15.9 Å². The lowest BCUT2D eigenvalue weighted by molar-refractivity contribution is 0.384. The highest BCUT2D eigenvalue weighted by molar-refractivity contribution is 9.10. The van der Waals surface area contributed by atoms with Gasteiger partial charge in [-0.1, -0.05) is 6.92 Å². The highest BCUT2D eigenvalue weighted by atomic mass is 79.9. The Morgan fingerprint density at radius 1 is 1.43 bits per heavy atom. The minimum Gasteiger partial charge on any atom is -0.446 e. The Hall–Kier alpha value is -1.34. The molecule has 7 heteroatoms. The normalized spacial score (nSPS) is 16.6. The van der Waals surface area contributed by atoms with Crippen LogP contribution in [0.1, 0.15) is 19.8 Å². The van der Waals surface area contributed by atoms with Crippen molar-refractivity contribution in [3.05, 3.63) is 16.8 Å². The van der Waals surface area contributed by atoms with Crippen LogP contribution in [-0.2, 0) is 0 Å². The summed E-state index contributed by atoms with van der Waals surface area (Å²) in [6.45, 7) is 6.33. The quantitative estimate of drug-likeness (QED) is 0.864. The standard InChI is InChI=1S/C14H20BrN5O/c1-2-16-9-10-5-7-20(8-6-10)14-17-13(18-19-14)11-3-4-12(15)21-11/h3-4,10,16H,2,5-9H2,1H3,(H,17,18,19). The third-order valence-electron chi connectivity index (χ3n) is 3.86. The summed E-state index contributed by atoms with van der Waals surface area (Å²) < 4.78 is 6.18. The Balaban J connectivity index is 1.60. The number of furan rings is 1. The van der Waals surface area contributed by atoms with E-state index in [0.717, 1.165) is 38.0 Å². The van der Waals surface area contributed by atoms with E-state index in [1.54, 1.807) is 0 Å². The number of hydrogen-bond acceptors (Lipinski definition) is 5. The van der Waals surface area contributed by atoms with E-state index in [-0.39, 0.29) is 0 Å². The molecule has 2 N–H and O–H groups in total. The molecule has 3 heterocycles. The highest BCUT2D eigenvalue weighted by Crippen LogP contribution is 2.25. The van der Waals surface area contributed by atoms with Crippen molar-refractivity contribution in [2.45, 2.75) is 19.8 Å². The minimum absolute atomic E-state index is 0.672. The summed E-state index contributed by atoms with van der Waals surface area (Å²) >= 11 is 3.29. The predicted molar refractivity (Wildman–Crippen MR) is 85.3 cm³/mol. The molecular weight excluding hydrogens is 334 g/mol. The van der Waals surface area contributed by atoms with Crippen molar-refractivity contribution in [3.63, 3.8) is 0 Å². The van der Waals surface area contributed by atoms with E-state index < -0.39 is 0 Å². The van der Waals surface area contributed by atoms with Gasteiger partial charge in [-0.05, 0) is 59.9 Å². The van der Waals surface area contributed by atoms with Crippen molar-refractivity contribution in [2.24, 2.45) is 5.92 Å². The monoisotopic (exact) mass is 353 g/mol. The van der Waals surface area contributed by atoms with Gasteiger partial charge in [-0.2, -0.15) is 4.98 Å². The van der Waals surface area contributed by atoms with Crippen LogP contribution in [0.3, 0.4) is 0 Å². The number of H-pyrrole nitrogens is 1. The lowest BCUT2D eigenvalue weighted by Crippen LogP contribution is -2.37. The third kappa shape index (κ3) is 3.47. The van der Waals surface area contributed by atoms with Crippen molar-refractivity contribution in [3.8, 4) is 11.6 Å². The summed E-state index contributed by atoms with van der Waals surface area (Å²) in [6, 6.07) is 3.72. The maximum Gasteiger partial charge on any atom is 0.245 e. The average Bonchev–Trinajstić information content (AvgIpc) is 3.14. The first kappa shape index (κ1) is 14.6. The van der Waals surface area contributed by atoms with Crippen LogP contribution in [0.2, 0.25) is 0 Å². The van der Waals surface area contributed by atoms with Crippen LogP contribution in [0.15, 0.2) is 21.2 Å². The molecule has 0 amide bonds. The summed E-state index contributed by atoms with van der Waals surface area (Å²) in [5.41, 5.74) is 0. The molecule has 0 unspecified atom stereocenters. The summed E-state index contributed by atoms with van der Waals surface area (Å²) in [7, 11) is 0. The number of hydrogen-bond donors (Lipinski definition) is 2. The van der Waals surface area contributed by atoms with Gasteiger partial charge in [-0.3, -0.25) is 5.10 Å². The largest absolute Gasteiger partial charge is 0.446 e. The van der Waals surface area contributed by atoms with Crippen LogP contribution in [0, 0.1) is 5.92 Å². The van der Waals surface area contributed by atoms with E-state index in [1.807, 2.05) is 12.1 Å². The van der Waals surface area contributed by atoms with Gasteiger partial charge >= 0.3 is 0 Å². The second kappa shape index (κ2) is 6.62. The molecule has 6 nitrogen and oxygen atoms in total. The van der Waals surface area contributed by atoms with Crippen molar-refractivity contribution in [1.82, 2.24) is 20.5 Å². The molecule has 114 valence electrons. The molecule has 0 saturated carbocycles. The van der Waals surface area contributed by atoms with Gasteiger partial charge in [0.2, 0.25) is 5.95 Å². The summed E-state index contributed by atoms with van der Waals surface area (Å²) in [5, 5.41) is 10.7. The molecule has 1 aliphatic heterocycles. The Kier molecular flexibility index (Phi) is 4.60. The van der Waals surface area contributed by atoms with Crippen molar-refractivity contribution < 1.29 is 4.42 Å². The maximum absolute atomic E-state index is 5.49. The number of nitrogens with zero attached hydrogens (tertiary/aromatic N) is 3. The zero-order valence-electron chi connectivity index (χ0n) is 12.1. The van der Waals surface area contributed by atoms with Gasteiger partial charge < -0.3 is 14.6 Å². The first-order chi connectivity index (χ1) is 10.3. The number of anilines is 1. The lowest BCUT2D eigenvalue weighted by atomic mass is 9.97. The summed E-state index contributed by atoms with van der Waals surface area (Å²) in [6.07, 6.45) is 2.37. The Morgan fingerprint density at radius 2 is 2.24 bits per heavy atom. The molecule has 2 aromatic rings. The number of aromatic nitrogens is 3. The first-order valence-electron chi connectivity index (χ1n) is 7.40. The smallest absolute Gasteiger partial charge is 0.245 e. The minimum atomic E-state index is 0.672. The molecule has 0 aromatic carbocycles. The zero-order valence-corrected chi connectivity index (χ0v) is 13.7. The van der Waals surface area contributed by atoms with Crippen molar-refractivity contribution in [1.29, 1.82) is 0 Å². The number of nitrogens with one attached hydrogen (secondary N) is 2. The third-order valence-corrected chi connectivity index (χ3v) is 4.29. The van der Waals surface area contributed by atoms with Gasteiger partial charge in [0, 0.05) is 13.1 Å². The highest BCUT2D eigenvalue weighted by Gasteiger charge is 2.22. The van der Waals surface area contributed by atoms with Gasteiger partial charge in [0.05, 0.1) is 0 Å². The molecule has 1 fully saturated rings. The van der Waals surface area contributed by atoms with Crippen molar-refractivity contribution in [2.75, 3.05) is 31.1 Å². The predicted octanol–water partition coefficient (Wildman–Crippen LogP) is 2.65. The van der Waals surface area contributed by atoms with Gasteiger partial charge in [0.25, 0.3) is 0 Å². The van der Waals surface area contributed by atoms with E-state index in [0.29, 0.717) is 16.3 Å². The molecular formula is C14H20BrN5O. The number of piperidine rings is 1. The maximum atomic E-state index is 5.49. The van der Waals surface area contributed by atoms with E-state index in [1.165, 1.54) is 12.8 Å². The van der Waals surface area contributed by atoms with Crippen LogP contribution in [0.4, 0.5) is 5.95 Å². The fraction of sp³-hybridized carbons (Fsp3) is 0.571. The van der Waals surface area contributed by atoms with Crippen LogP contribution in [-0.4, -0.2) is 41.4 Å². The molecule has 3 rings (SSSR count). The summed E-state index contributed by atoms with van der Waals surface area (Å²) in [5.74, 6) is 2.90. The number of rotatable bonds is 5. The van der Waals surface area contributed by atoms with E-state index in [4.69, 9.17) is 4.42 Å². The molecule has 0 radical (unpaired) electrons. The SMILES string of the molecule is CCNCC1CCN(c2n[nH]c(-c3ccc(Br)o3)n2)CC1. The Bertz CT molecular complexity index is 573. The fourth-order valence-corrected chi connectivity index (χ4v) is 2.94. The van der Waals surface area contributed by atoms with E-state index >= 15 is 0 Å². The molecule has 1 saturated heterocycles. The molecule has 2 aromatic heterocycles. The number of aromatic amines is 1. The lowest BCUT2D eigenvalue weighted by Gasteiger charge is -2.31. The fourth-order valence-electron chi connectivity index (χ4n) is 2.63. The van der Waals surface area contributed by atoms with Gasteiger partial charge in [-0.25, -0.2) is 0 Å². The topological polar surface area (TPSA) is 70.0 Å². The molecule has 1 aliphatic rings. The average molecular weight is 354 g/mol. The Labute approximate surface area is 132 Å². The zero-order chi connectivity index (χ0) is 14.7. The first-order valence-corrected chi connectivity index (χ1v) is 8.19.